The molecule has 0 radical (unpaired) electrons. The van der Waals surface area contributed by atoms with Gasteiger partial charge in [-0.1, -0.05) is 6.07 Å². The van der Waals surface area contributed by atoms with Gasteiger partial charge in [-0.3, -0.25) is 0 Å². The number of benzene rings is 1. The summed E-state index contributed by atoms with van der Waals surface area (Å²) in [5.74, 6) is 1.37. The summed E-state index contributed by atoms with van der Waals surface area (Å²) >= 11 is 5.89. The quantitative estimate of drug-likeness (QED) is 0.799. The first kappa shape index (κ1) is 12.6. The van der Waals surface area contributed by atoms with E-state index in [-0.39, 0.29) is 5.28 Å². The molecule has 0 aliphatic rings. The second-order valence-electron chi connectivity index (χ2n) is 3.70. The average molecular weight is 265 g/mol. The topological polar surface area (TPSA) is 44.2 Å². The molecule has 0 amide bonds. The number of aromatic nitrogens is 2. The fourth-order valence-electron chi connectivity index (χ4n) is 1.76. The lowest BCUT2D eigenvalue weighted by atomic mass is 10.1. The van der Waals surface area contributed by atoms with Crippen LogP contribution in [0.15, 0.2) is 24.3 Å². The van der Waals surface area contributed by atoms with Crippen molar-refractivity contribution in [1.29, 1.82) is 0 Å². The Hall–Kier alpha value is -1.81. The molecule has 1 aromatic heterocycles. The van der Waals surface area contributed by atoms with Crippen molar-refractivity contribution in [2.45, 2.75) is 6.92 Å². The largest absolute Gasteiger partial charge is 0.496 e. The normalized spacial score (nSPS) is 10.2. The Balaban J connectivity index is 2.68. The maximum Gasteiger partial charge on any atom is 0.223 e. The van der Waals surface area contributed by atoms with Crippen LogP contribution < -0.4 is 9.47 Å². The number of nitrogens with zero attached hydrogens (tertiary/aromatic N) is 2. The highest BCUT2D eigenvalue weighted by Crippen LogP contribution is 2.37. The van der Waals surface area contributed by atoms with Crippen LogP contribution in [0.3, 0.4) is 0 Å². The van der Waals surface area contributed by atoms with Crippen LogP contribution >= 0.6 is 11.6 Å². The number of ether oxygens (including phenoxy) is 2. The minimum absolute atomic E-state index is 0.206. The van der Waals surface area contributed by atoms with Crippen molar-refractivity contribution < 1.29 is 9.47 Å². The Kier molecular flexibility index (Phi) is 3.67. The van der Waals surface area contributed by atoms with Crippen LogP contribution in [-0.4, -0.2) is 24.2 Å². The third-order valence-electron chi connectivity index (χ3n) is 2.51. The predicted molar refractivity (Wildman–Crippen MR) is 70.3 cm³/mol. The van der Waals surface area contributed by atoms with E-state index in [1.54, 1.807) is 14.2 Å². The molecule has 18 heavy (non-hydrogen) atoms. The van der Waals surface area contributed by atoms with E-state index in [2.05, 4.69) is 9.97 Å². The third-order valence-corrected chi connectivity index (χ3v) is 2.68. The highest BCUT2D eigenvalue weighted by Gasteiger charge is 2.14. The number of rotatable bonds is 3. The monoisotopic (exact) mass is 264 g/mol. The maximum atomic E-state index is 5.89. The highest BCUT2D eigenvalue weighted by atomic mass is 35.5. The van der Waals surface area contributed by atoms with E-state index in [0.717, 1.165) is 11.3 Å². The zero-order valence-electron chi connectivity index (χ0n) is 10.4. The second kappa shape index (κ2) is 5.23. The molecule has 1 heterocycles. The first-order chi connectivity index (χ1) is 8.65. The molecule has 0 aliphatic heterocycles. The molecule has 0 N–H and O–H groups in total. The molecular formula is C13H13ClN2O2. The minimum atomic E-state index is 0.206. The third kappa shape index (κ3) is 2.38. The van der Waals surface area contributed by atoms with Gasteiger partial charge in [-0.05, 0) is 36.7 Å². The summed E-state index contributed by atoms with van der Waals surface area (Å²) in [7, 11) is 3.21. The van der Waals surface area contributed by atoms with Crippen LogP contribution in [0, 0.1) is 6.92 Å². The Morgan fingerprint density at radius 2 is 1.67 bits per heavy atom. The highest BCUT2D eigenvalue weighted by molar-refractivity contribution is 6.28. The Bertz CT molecular complexity index is 530. The van der Waals surface area contributed by atoms with Crippen molar-refractivity contribution in [2.75, 3.05) is 14.2 Å². The predicted octanol–water partition coefficient (Wildman–Crippen LogP) is 3.12. The van der Waals surface area contributed by atoms with Gasteiger partial charge in [0.25, 0.3) is 0 Å². The van der Waals surface area contributed by atoms with Gasteiger partial charge >= 0.3 is 0 Å². The molecule has 0 atom stereocenters. The molecule has 0 saturated heterocycles. The number of halogens is 1. The van der Waals surface area contributed by atoms with Gasteiger partial charge in [0.2, 0.25) is 5.28 Å². The van der Waals surface area contributed by atoms with E-state index in [0.29, 0.717) is 17.2 Å². The van der Waals surface area contributed by atoms with E-state index in [4.69, 9.17) is 21.1 Å². The first-order valence-corrected chi connectivity index (χ1v) is 5.76. The van der Waals surface area contributed by atoms with E-state index < -0.39 is 0 Å². The summed E-state index contributed by atoms with van der Waals surface area (Å²) in [5.41, 5.74) is 2.25. The van der Waals surface area contributed by atoms with E-state index in [9.17, 15) is 0 Å². The van der Waals surface area contributed by atoms with Gasteiger partial charge in [0.15, 0.2) is 0 Å². The van der Waals surface area contributed by atoms with Crippen LogP contribution in [0.4, 0.5) is 0 Å². The SMILES string of the molecule is COc1cccc(OC)c1-c1cc(C)nc(Cl)n1. The summed E-state index contributed by atoms with van der Waals surface area (Å²) < 4.78 is 10.7. The number of hydrogen-bond acceptors (Lipinski definition) is 4. The Morgan fingerprint density at radius 1 is 1.06 bits per heavy atom. The van der Waals surface area contributed by atoms with Crippen molar-refractivity contribution in [1.82, 2.24) is 9.97 Å². The standard InChI is InChI=1S/C13H13ClN2O2/c1-8-7-9(16-13(14)15-8)12-10(17-2)5-4-6-11(12)18-3/h4-7H,1-3H3. The Morgan fingerprint density at radius 3 is 2.17 bits per heavy atom. The molecule has 0 aliphatic carbocycles. The molecule has 2 aromatic rings. The van der Waals surface area contributed by atoms with Crippen molar-refractivity contribution in [3.63, 3.8) is 0 Å². The van der Waals surface area contributed by atoms with Crippen molar-refractivity contribution in [3.05, 3.63) is 35.2 Å². The summed E-state index contributed by atoms with van der Waals surface area (Å²) in [6.45, 7) is 1.86. The lowest BCUT2D eigenvalue weighted by molar-refractivity contribution is 0.397. The fourth-order valence-corrected chi connectivity index (χ4v) is 1.99. The zero-order valence-corrected chi connectivity index (χ0v) is 11.2. The van der Waals surface area contributed by atoms with Crippen LogP contribution in [0.1, 0.15) is 5.69 Å². The van der Waals surface area contributed by atoms with Gasteiger partial charge in [-0.25, -0.2) is 9.97 Å². The summed E-state index contributed by atoms with van der Waals surface area (Å²) in [6.07, 6.45) is 0. The Labute approximate surface area is 111 Å². The number of aryl methyl sites for hydroxylation is 1. The van der Waals surface area contributed by atoms with Gasteiger partial charge < -0.3 is 9.47 Å². The smallest absolute Gasteiger partial charge is 0.223 e. The summed E-state index contributed by atoms with van der Waals surface area (Å²) in [6, 6.07) is 7.40. The lowest BCUT2D eigenvalue weighted by Crippen LogP contribution is -1.96. The maximum absolute atomic E-state index is 5.89. The molecule has 0 bridgehead atoms. The van der Waals surface area contributed by atoms with E-state index in [1.165, 1.54) is 0 Å². The molecule has 4 nitrogen and oxygen atoms in total. The van der Waals surface area contributed by atoms with Crippen molar-refractivity contribution in [2.24, 2.45) is 0 Å². The molecule has 0 unspecified atom stereocenters. The van der Waals surface area contributed by atoms with Crippen LogP contribution in [0.25, 0.3) is 11.3 Å². The first-order valence-electron chi connectivity index (χ1n) is 5.38. The molecule has 0 saturated carbocycles. The van der Waals surface area contributed by atoms with Crippen LogP contribution in [0.2, 0.25) is 5.28 Å². The number of methoxy groups -OCH3 is 2. The fraction of sp³-hybridized carbons (Fsp3) is 0.231. The van der Waals surface area contributed by atoms with Gasteiger partial charge in [0.05, 0.1) is 25.5 Å². The van der Waals surface area contributed by atoms with Crippen LogP contribution in [-0.2, 0) is 0 Å². The van der Waals surface area contributed by atoms with Gasteiger partial charge in [0.1, 0.15) is 11.5 Å². The molecule has 2 rings (SSSR count). The molecule has 94 valence electrons. The van der Waals surface area contributed by atoms with E-state index in [1.807, 2.05) is 31.2 Å². The molecule has 0 spiro atoms. The van der Waals surface area contributed by atoms with E-state index >= 15 is 0 Å². The number of hydrogen-bond donors (Lipinski definition) is 0. The summed E-state index contributed by atoms with van der Waals surface area (Å²) in [5, 5.41) is 0.206. The molecule has 0 fully saturated rings. The molecule has 1 aromatic carbocycles. The summed E-state index contributed by atoms with van der Waals surface area (Å²) in [4.78, 5) is 8.26. The van der Waals surface area contributed by atoms with Crippen molar-refractivity contribution in [3.8, 4) is 22.8 Å². The molecular weight excluding hydrogens is 252 g/mol. The minimum Gasteiger partial charge on any atom is -0.496 e. The van der Waals surface area contributed by atoms with Crippen LogP contribution in [0.5, 0.6) is 11.5 Å². The second-order valence-corrected chi connectivity index (χ2v) is 4.04. The van der Waals surface area contributed by atoms with Crippen molar-refractivity contribution >= 4 is 11.6 Å². The molecule has 5 heteroatoms. The lowest BCUT2D eigenvalue weighted by Gasteiger charge is -2.12. The van der Waals surface area contributed by atoms with Gasteiger partial charge in [-0.2, -0.15) is 0 Å². The van der Waals surface area contributed by atoms with Gasteiger partial charge in [-0.15, -0.1) is 0 Å². The van der Waals surface area contributed by atoms with Gasteiger partial charge in [0, 0.05) is 5.69 Å². The zero-order chi connectivity index (χ0) is 13.1. The average Bonchev–Trinajstić information content (AvgIpc) is 2.36.